The summed E-state index contributed by atoms with van der Waals surface area (Å²) in [4.78, 5) is 11.4. The van der Waals surface area contributed by atoms with Gasteiger partial charge in [-0.1, -0.05) is 57.0 Å². The lowest BCUT2D eigenvalue weighted by Crippen LogP contribution is -1.99. The van der Waals surface area contributed by atoms with Gasteiger partial charge in [0.1, 0.15) is 17.1 Å². The predicted octanol–water partition coefficient (Wildman–Crippen LogP) is 4.57. The molecule has 3 heteroatoms. The van der Waals surface area contributed by atoms with Crippen molar-refractivity contribution in [2.75, 3.05) is 0 Å². The van der Waals surface area contributed by atoms with Crippen LogP contribution in [0.4, 0.5) is 0 Å². The van der Waals surface area contributed by atoms with Crippen LogP contribution >= 0.6 is 0 Å². The Balaban J connectivity index is 0.00000180. The average Bonchev–Trinajstić information content (AvgIpc) is 2.78. The summed E-state index contributed by atoms with van der Waals surface area (Å²) in [5, 5.41) is 9.31. The molecule has 0 fully saturated rings. The molecule has 0 bridgehead atoms. The first-order valence-electron chi connectivity index (χ1n) is 5.39. The van der Waals surface area contributed by atoms with E-state index in [0.717, 1.165) is 0 Å². The van der Waals surface area contributed by atoms with Crippen LogP contribution in [-0.4, -0.2) is 11.1 Å². The highest BCUT2D eigenvalue weighted by Gasteiger charge is 2.23. The SMILES string of the molecule is C.C=Cc1oc(-c2ccccc2)c(C(=O)O)c1C=C. The van der Waals surface area contributed by atoms with Crippen molar-refractivity contribution in [3.05, 3.63) is 60.4 Å². The zero-order valence-electron chi connectivity index (χ0n) is 9.72. The molecule has 0 spiro atoms. The summed E-state index contributed by atoms with van der Waals surface area (Å²) in [7, 11) is 0. The Morgan fingerprint density at radius 1 is 1.16 bits per heavy atom. The van der Waals surface area contributed by atoms with Crippen LogP contribution in [0.25, 0.3) is 23.5 Å². The molecule has 1 N–H and O–H groups in total. The lowest BCUT2D eigenvalue weighted by molar-refractivity contribution is 0.0697. The number of carboxylic acid groups (broad SMARTS) is 1. The average molecular weight is 256 g/mol. The minimum absolute atomic E-state index is 0. The van der Waals surface area contributed by atoms with Crippen molar-refractivity contribution in [1.82, 2.24) is 0 Å². The summed E-state index contributed by atoms with van der Waals surface area (Å²) >= 11 is 0. The monoisotopic (exact) mass is 256 g/mol. The molecule has 0 saturated carbocycles. The molecule has 0 atom stereocenters. The molecule has 3 nitrogen and oxygen atoms in total. The molecule has 0 radical (unpaired) electrons. The van der Waals surface area contributed by atoms with E-state index in [0.29, 0.717) is 22.6 Å². The number of hydrogen-bond donors (Lipinski definition) is 1. The van der Waals surface area contributed by atoms with Gasteiger partial charge >= 0.3 is 5.97 Å². The first kappa shape index (κ1) is 14.5. The smallest absolute Gasteiger partial charge is 0.340 e. The number of rotatable bonds is 4. The summed E-state index contributed by atoms with van der Waals surface area (Å²) in [6.45, 7) is 7.23. The third-order valence-electron chi connectivity index (χ3n) is 2.61. The molecule has 1 heterocycles. The largest absolute Gasteiger partial charge is 0.478 e. The van der Waals surface area contributed by atoms with Gasteiger partial charge in [0.05, 0.1) is 0 Å². The normalized spacial score (nSPS) is 9.47. The van der Waals surface area contributed by atoms with Crippen LogP contribution < -0.4 is 0 Å². The lowest BCUT2D eigenvalue weighted by atomic mass is 10.0. The van der Waals surface area contributed by atoms with E-state index in [1.54, 1.807) is 12.1 Å². The second kappa shape index (κ2) is 5.87. The molecule has 0 aliphatic heterocycles. The molecule has 19 heavy (non-hydrogen) atoms. The highest BCUT2D eigenvalue weighted by atomic mass is 16.4. The van der Waals surface area contributed by atoms with Gasteiger partial charge in [-0.05, 0) is 6.08 Å². The second-order valence-corrected chi connectivity index (χ2v) is 3.66. The summed E-state index contributed by atoms with van der Waals surface area (Å²) in [5.74, 6) is -0.297. The lowest BCUT2D eigenvalue weighted by Gasteiger charge is -1.98. The fourth-order valence-electron chi connectivity index (χ4n) is 1.82. The maximum absolute atomic E-state index is 11.4. The number of benzene rings is 1. The van der Waals surface area contributed by atoms with E-state index in [-0.39, 0.29) is 13.0 Å². The fourth-order valence-corrected chi connectivity index (χ4v) is 1.82. The van der Waals surface area contributed by atoms with Gasteiger partial charge in [-0.2, -0.15) is 0 Å². The van der Waals surface area contributed by atoms with Crippen molar-refractivity contribution < 1.29 is 14.3 Å². The van der Waals surface area contributed by atoms with Gasteiger partial charge in [-0.3, -0.25) is 0 Å². The molecule has 0 unspecified atom stereocenters. The van der Waals surface area contributed by atoms with Crippen molar-refractivity contribution in [1.29, 1.82) is 0 Å². The molecule has 1 aromatic heterocycles. The summed E-state index contributed by atoms with van der Waals surface area (Å²) in [6, 6.07) is 9.10. The molecule has 0 aliphatic carbocycles. The maximum atomic E-state index is 11.4. The molecule has 0 amide bonds. The highest BCUT2D eigenvalue weighted by Crippen LogP contribution is 2.32. The molecule has 0 saturated heterocycles. The number of hydrogen-bond acceptors (Lipinski definition) is 2. The topological polar surface area (TPSA) is 50.4 Å². The van der Waals surface area contributed by atoms with Gasteiger partial charge in [0, 0.05) is 11.1 Å². The van der Waals surface area contributed by atoms with E-state index in [9.17, 15) is 9.90 Å². The molecule has 2 aromatic rings. The van der Waals surface area contributed by atoms with Gasteiger partial charge < -0.3 is 9.52 Å². The minimum Gasteiger partial charge on any atom is -0.478 e. The van der Waals surface area contributed by atoms with Crippen LogP contribution in [0, 0.1) is 0 Å². The Labute approximate surface area is 112 Å². The van der Waals surface area contributed by atoms with Crippen LogP contribution in [0.3, 0.4) is 0 Å². The van der Waals surface area contributed by atoms with Gasteiger partial charge in [-0.25, -0.2) is 4.79 Å². The van der Waals surface area contributed by atoms with Crippen LogP contribution in [0.1, 0.15) is 29.1 Å². The van der Waals surface area contributed by atoms with E-state index in [1.165, 1.54) is 12.2 Å². The Hall–Kier alpha value is -2.55. The highest BCUT2D eigenvalue weighted by molar-refractivity contribution is 5.99. The number of aromatic carboxylic acids is 1. The molecule has 2 rings (SSSR count). The van der Waals surface area contributed by atoms with Crippen molar-refractivity contribution in [2.45, 2.75) is 7.43 Å². The molecule has 98 valence electrons. The molecular weight excluding hydrogens is 240 g/mol. The van der Waals surface area contributed by atoms with Crippen molar-refractivity contribution in [3.8, 4) is 11.3 Å². The Morgan fingerprint density at radius 3 is 2.26 bits per heavy atom. The van der Waals surface area contributed by atoms with E-state index >= 15 is 0 Å². The number of furan rings is 1. The Bertz CT molecular complexity index is 606. The van der Waals surface area contributed by atoms with Gasteiger partial charge in [0.15, 0.2) is 0 Å². The summed E-state index contributed by atoms with van der Waals surface area (Å²) in [6.07, 6.45) is 2.95. The third-order valence-corrected chi connectivity index (χ3v) is 2.61. The van der Waals surface area contributed by atoms with Crippen molar-refractivity contribution >= 4 is 18.1 Å². The standard InChI is InChI=1S/C15H12O3.CH4/c1-3-11-12(4-2)18-14(13(11)15(16)17)10-8-6-5-7-9-10;/h3-9H,1-2H2,(H,16,17);1H4. The molecular formula is C16H16O3. The first-order chi connectivity index (χ1) is 8.69. The van der Waals surface area contributed by atoms with E-state index in [4.69, 9.17) is 4.42 Å². The predicted molar refractivity (Wildman–Crippen MR) is 78.0 cm³/mol. The number of carboxylic acids is 1. The zero-order chi connectivity index (χ0) is 13.1. The van der Waals surface area contributed by atoms with Crippen LogP contribution in [0.5, 0.6) is 0 Å². The van der Waals surface area contributed by atoms with Gasteiger partial charge in [0.2, 0.25) is 0 Å². The van der Waals surface area contributed by atoms with E-state index < -0.39 is 5.97 Å². The van der Waals surface area contributed by atoms with Crippen molar-refractivity contribution in [2.24, 2.45) is 0 Å². The van der Waals surface area contributed by atoms with Crippen LogP contribution in [0.2, 0.25) is 0 Å². The maximum Gasteiger partial charge on any atom is 0.340 e. The van der Waals surface area contributed by atoms with E-state index in [1.807, 2.05) is 18.2 Å². The second-order valence-electron chi connectivity index (χ2n) is 3.66. The van der Waals surface area contributed by atoms with Crippen LogP contribution in [-0.2, 0) is 0 Å². The van der Waals surface area contributed by atoms with Crippen LogP contribution in [0.15, 0.2) is 47.9 Å². The number of carbonyl (C=O) groups is 1. The van der Waals surface area contributed by atoms with Gasteiger partial charge in [-0.15, -0.1) is 0 Å². The van der Waals surface area contributed by atoms with Gasteiger partial charge in [0.25, 0.3) is 0 Å². The zero-order valence-corrected chi connectivity index (χ0v) is 9.72. The first-order valence-corrected chi connectivity index (χ1v) is 5.39. The quantitative estimate of drug-likeness (QED) is 0.871. The Morgan fingerprint density at radius 2 is 1.79 bits per heavy atom. The van der Waals surface area contributed by atoms with E-state index in [2.05, 4.69) is 13.2 Å². The molecule has 0 aliphatic rings. The fraction of sp³-hybridized carbons (Fsp3) is 0.0625. The Kier molecular flexibility index (Phi) is 4.48. The minimum atomic E-state index is -1.04. The van der Waals surface area contributed by atoms with Crippen molar-refractivity contribution in [3.63, 3.8) is 0 Å². The summed E-state index contributed by atoms with van der Waals surface area (Å²) < 4.78 is 5.56. The third kappa shape index (κ3) is 2.50. The molecule has 1 aromatic carbocycles. The summed E-state index contributed by atoms with van der Waals surface area (Å²) in [5.41, 5.74) is 1.29.